The van der Waals surface area contributed by atoms with E-state index in [0.29, 0.717) is 0 Å². The second-order valence-electron chi connectivity index (χ2n) is 32.9. The van der Waals surface area contributed by atoms with E-state index in [1.54, 1.807) is 0 Å². The first-order valence-electron chi connectivity index (χ1n) is 42.6. The Morgan fingerprint density at radius 2 is 0.374 bits per heavy atom. The lowest BCUT2D eigenvalue weighted by Gasteiger charge is -2.34. The van der Waals surface area contributed by atoms with Gasteiger partial charge in [-0.25, -0.2) is 0 Å². The first-order valence-corrected chi connectivity index (χ1v) is 42.6. The number of fused-ring (bicyclic) bond motifs is 19. The van der Waals surface area contributed by atoms with Gasteiger partial charge in [0, 0.05) is 50.9 Å². The highest BCUT2D eigenvalue weighted by Gasteiger charge is 2.52. The van der Waals surface area contributed by atoms with Crippen molar-refractivity contribution in [1.29, 1.82) is 0 Å². The van der Waals surface area contributed by atoms with Crippen LogP contribution in [0.3, 0.4) is 0 Å². The van der Waals surface area contributed by atoms with Gasteiger partial charge in [-0.15, -0.1) is 0 Å². The second-order valence-corrected chi connectivity index (χ2v) is 32.9. The summed E-state index contributed by atoms with van der Waals surface area (Å²) in [4.78, 5) is 0. The molecule has 0 fully saturated rings. The maximum atomic E-state index is 3.71. The third kappa shape index (κ3) is 13.7. The van der Waals surface area contributed by atoms with E-state index in [1.165, 1.54) is 155 Å². The monoisotopic (exact) mass is 1570 g/mol. The van der Waals surface area contributed by atoms with Crippen molar-refractivity contribution in [2.24, 2.45) is 0 Å². The summed E-state index contributed by atoms with van der Waals surface area (Å²) in [5.74, 6) is 0. The van der Waals surface area contributed by atoms with Crippen LogP contribution in [0.15, 0.2) is 473 Å². The van der Waals surface area contributed by atoms with Gasteiger partial charge in [-0.1, -0.05) is 390 Å². The summed E-state index contributed by atoms with van der Waals surface area (Å²) in [6, 6.07) is 170. The molecule has 0 saturated heterocycles. The summed E-state index contributed by atoms with van der Waals surface area (Å²) in [7, 11) is 0. The Kier molecular flexibility index (Phi) is 19.4. The fraction of sp³-hybridized carbons (Fsp3) is 0.0420. The van der Waals surface area contributed by atoms with Gasteiger partial charge in [0.25, 0.3) is 0 Å². The fourth-order valence-electron chi connectivity index (χ4n) is 19.7. The molecule has 0 radical (unpaired) electrons. The minimum atomic E-state index is -0.379. The van der Waals surface area contributed by atoms with Gasteiger partial charge in [-0.05, 0) is 252 Å². The van der Waals surface area contributed by atoms with Crippen molar-refractivity contribution in [3.05, 3.63) is 529 Å². The summed E-state index contributed by atoms with van der Waals surface area (Å²) in [5, 5.41) is 22.0. The Balaban J connectivity index is 0.000000102. The van der Waals surface area contributed by atoms with Crippen molar-refractivity contribution >= 4 is 77.8 Å². The van der Waals surface area contributed by atoms with Crippen LogP contribution >= 0.6 is 0 Å². The van der Waals surface area contributed by atoms with Gasteiger partial charge in [-0.2, -0.15) is 0 Å². The average molecular weight is 1570 g/mol. The quantitative estimate of drug-likeness (QED) is 0.0985. The Labute approximate surface area is 719 Å². The Bertz CT molecular complexity index is 6950. The van der Waals surface area contributed by atoms with Gasteiger partial charge in [0.1, 0.15) is 0 Å². The molecule has 0 amide bonds. The third-order valence-corrected chi connectivity index (χ3v) is 25.4. The highest BCUT2D eigenvalue weighted by molar-refractivity contribution is 5.98. The van der Waals surface area contributed by atoms with Gasteiger partial charge in [0.05, 0.1) is 10.8 Å². The number of rotatable bonds is 12. The number of anilines is 8. The first kappa shape index (κ1) is 74.9. The van der Waals surface area contributed by atoms with E-state index in [9.17, 15) is 0 Å². The summed E-state index contributed by atoms with van der Waals surface area (Å²) in [5.41, 5.74) is 37.3. The van der Waals surface area contributed by atoms with E-state index in [-0.39, 0.29) is 16.2 Å². The van der Waals surface area contributed by atoms with Crippen LogP contribution in [0.4, 0.5) is 45.5 Å². The van der Waals surface area contributed by atoms with Crippen molar-refractivity contribution in [1.82, 2.24) is 0 Å². The molecule has 123 heavy (non-hydrogen) atoms. The van der Waals surface area contributed by atoms with Crippen LogP contribution in [0.1, 0.15) is 69.5 Å². The topological polar surface area (TPSA) is 48.1 Å². The second kappa shape index (κ2) is 31.9. The zero-order valence-corrected chi connectivity index (χ0v) is 68.5. The predicted molar refractivity (Wildman–Crippen MR) is 519 cm³/mol. The number of benzene rings is 20. The molecule has 20 aromatic rings. The van der Waals surface area contributed by atoms with E-state index in [0.717, 1.165) is 45.5 Å². The SMILES string of the molecule is CC1(C)c2ccccc2-c2ccc(Nc3ccc4ccccc4c3)cc21.c1ccc(-c2ccc(Nc3ccc(-c4ccccc4)cc3)cc2)cc1.c1ccc(C2(c3ccccc3)c3ccccc3-c3ccc(Nc4ccc5ccccc5c4)cc32)cc1.c1ccc2c(c1)-c1ccccc1C21c2ccccc2-c2ccc(Nc3ccc4ccccc4c3)cc21. The van der Waals surface area contributed by atoms with Gasteiger partial charge in [0.2, 0.25) is 0 Å². The number of hydrogen-bond acceptors (Lipinski definition) is 4. The smallest absolute Gasteiger partial charge is 0.0726 e. The normalized spacial score (nSPS) is 13.0. The molecule has 1 spiro atoms. The highest BCUT2D eigenvalue weighted by Crippen LogP contribution is 2.64. The molecule has 4 N–H and O–H groups in total. The maximum absolute atomic E-state index is 3.71. The highest BCUT2D eigenvalue weighted by atomic mass is 14.9. The predicted octanol–water partition coefficient (Wildman–Crippen LogP) is 31.5. The van der Waals surface area contributed by atoms with Crippen LogP contribution in [-0.2, 0) is 16.2 Å². The van der Waals surface area contributed by atoms with Crippen LogP contribution in [0, 0.1) is 0 Å². The van der Waals surface area contributed by atoms with E-state index in [1.807, 2.05) is 12.1 Å². The molecule has 0 aliphatic heterocycles. The van der Waals surface area contributed by atoms with Crippen LogP contribution in [0.2, 0.25) is 0 Å². The van der Waals surface area contributed by atoms with Gasteiger partial charge in [0.15, 0.2) is 0 Å². The minimum absolute atomic E-state index is 0.0347. The molecule has 0 heterocycles. The molecule has 0 unspecified atom stereocenters. The van der Waals surface area contributed by atoms with Crippen LogP contribution in [0.5, 0.6) is 0 Å². The van der Waals surface area contributed by atoms with Crippen LogP contribution in [0.25, 0.3) is 99.1 Å². The molecule has 0 aromatic heterocycles. The molecule has 0 bridgehead atoms. The zero-order valence-electron chi connectivity index (χ0n) is 68.5. The lowest BCUT2D eigenvalue weighted by atomic mass is 9.67. The lowest BCUT2D eigenvalue weighted by molar-refractivity contribution is 0.660. The molecule has 4 nitrogen and oxygen atoms in total. The fourth-order valence-corrected chi connectivity index (χ4v) is 19.7. The van der Waals surface area contributed by atoms with E-state index < -0.39 is 0 Å². The Morgan fingerprint density at radius 3 is 0.740 bits per heavy atom. The zero-order chi connectivity index (χ0) is 82.3. The van der Waals surface area contributed by atoms with E-state index in [2.05, 4.69) is 496 Å². The molecular weight excluding hydrogens is 1490 g/mol. The Hall–Kier alpha value is -15.6. The molecule has 0 atom stereocenters. The minimum Gasteiger partial charge on any atom is -0.356 e. The standard InChI is InChI=1S/C35H23N.C35H25N.C25H21N.C24H19N/c1-2-10-24-21-25(18-17-23(24)9-1)36-26-19-20-30-29-13-5-8-16-33(29)35(34(30)22-26)31-14-6-3-11-27(31)28-12-4-7-15-32(28)35;1-3-13-27(14-4-1)35(28-15-5-2-6-16-28)33-18-10-9-17-31(33)32-22-21-30(24-34(32)35)36-29-20-19-25-11-7-8-12-26(25)23-29;1-25(2)23-10-6-5-9-21(23)22-14-13-20(16-24(22)25)26-19-12-11-17-7-3-4-8-18(17)15-19;1-3-7-19(8-4-1)21-11-15-23(16-12-21)25-24-17-13-22(14-18-24)20-9-5-2-6-10-20/h1-22,36H;1-24,36H;3-16,26H,1-2H3;1-18,25H. The third-order valence-electron chi connectivity index (χ3n) is 25.4. The molecule has 4 aliphatic carbocycles. The summed E-state index contributed by atoms with van der Waals surface area (Å²) in [6.07, 6.45) is 0. The van der Waals surface area contributed by atoms with Crippen LogP contribution < -0.4 is 21.3 Å². The molecular formula is C119H88N4. The summed E-state index contributed by atoms with van der Waals surface area (Å²) < 4.78 is 0. The van der Waals surface area contributed by atoms with E-state index >= 15 is 0 Å². The van der Waals surface area contributed by atoms with Gasteiger partial charge >= 0.3 is 0 Å². The summed E-state index contributed by atoms with van der Waals surface area (Å²) in [6.45, 7) is 4.63. The van der Waals surface area contributed by atoms with Crippen molar-refractivity contribution in [2.45, 2.75) is 30.1 Å². The maximum Gasteiger partial charge on any atom is 0.0726 e. The summed E-state index contributed by atoms with van der Waals surface area (Å²) >= 11 is 0. The van der Waals surface area contributed by atoms with Gasteiger partial charge < -0.3 is 21.3 Å². The van der Waals surface area contributed by atoms with Crippen LogP contribution in [-0.4, -0.2) is 0 Å². The number of nitrogens with one attached hydrogen (secondary N) is 4. The first-order chi connectivity index (χ1) is 60.7. The molecule has 584 valence electrons. The molecule has 0 saturated carbocycles. The average Bonchev–Trinajstić information content (AvgIpc) is 1.51. The van der Waals surface area contributed by atoms with Gasteiger partial charge in [-0.3, -0.25) is 0 Å². The lowest BCUT2D eigenvalue weighted by Crippen LogP contribution is -2.28. The van der Waals surface area contributed by atoms with Crippen molar-refractivity contribution in [3.8, 4) is 66.8 Å². The van der Waals surface area contributed by atoms with Crippen molar-refractivity contribution in [3.63, 3.8) is 0 Å². The molecule has 4 aliphatic rings. The van der Waals surface area contributed by atoms with E-state index in [4.69, 9.17) is 0 Å². The number of hydrogen-bond donors (Lipinski definition) is 4. The Morgan fingerprint density at radius 1 is 0.146 bits per heavy atom. The molecule has 24 rings (SSSR count). The van der Waals surface area contributed by atoms with Crippen molar-refractivity contribution < 1.29 is 0 Å². The molecule has 20 aromatic carbocycles. The van der Waals surface area contributed by atoms with Crippen molar-refractivity contribution in [2.75, 3.05) is 21.3 Å². The molecule has 4 heteroatoms. The largest absolute Gasteiger partial charge is 0.356 e.